The van der Waals surface area contributed by atoms with Crippen molar-refractivity contribution in [2.24, 2.45) is 5.92 Å². The predicted molar refractivity (Wildman–Crippen MR) is 86.7 cm³/mol. The molecule has 1 aromatic rings. The van der Waals surface area contributed by atoms with Gasteiger partial charge in [-0.15, -0.1) is 0 Å². The minimum atomic E-state index is -3.20. The number of rotatable bonds is 9. The topological polar surface area (TPSA) is 78.9 Å². The van der Waals surface area contributed by atoms with Gasteiger partial charge in [-0.1, -0.05) is 30.3 Å². The summed E-state index contributed by atoms with van der Waals surface area (Å²) in [7, 11) is -0.999. The lowest BCUT2D eigenvalue weighted by atomic mass is 10.0. The van der Waals surface area contributed by atoms with Gasteiger partial charge in [-0.25, -0.2) is 9.18 Å². The van der Waals surface area contributed by atoms with Crippen molar-refractivity contribution in [2.75, 3.05) is 27.0 Å². The quantitative estimate of drug-likeness (QED) is 0.498. The van der Waals surface area contributed by atoms with Crippen LogP contribution in [0, 0.1) is 5.92 Å². The van der Waals surface area contributed by atoms with Gasteiger partial charge in [-0.2, -0.15) is 0 Å². The molecule has 0 aromatic heterocycles. The molecule has 1 unspecified atom stereocenters. The summed E-state index contributed by atoms with van der Waals surface area (Å²) in [6.45, 7) is 1.48. The molecule has 0 saturated heterocycles. The van der Waals surface area contributed by atoms with E-state index in [0.29, 0.717) is 0 Å². The van der Waals surface area contributed by atoms with Gasteiger partial charge >= 0.3 is 11.9 Å². The fourth-order valence-electron chi connectivity index (χ4n) is 2.12. The van der Waals surface area contributed by atoms with Gasteiger partial charge in [0.25, 0.3) is 0 Å². The highest BCUT2D eigenvalue weighted by Gasteiger charge is 2.33. The van der Waals surface area contributed by atoms with E-state index in [1.165, 1.54) is 6.66 Å². The molecule has 8 heteroatoms. The second kappa shape index (κ2) is 9.55. The van der Waals surface area contributed by atoms with E-state index in [2.05, 4.69) is 9.47 Å². The number of halogens is 1. The highest BCUT2D eigenvalue weighted by atomic mass is 31.2. The second-order valence-corrected chi connectivity index (χ2v) is 8.05. The number of benzene rings is 1. The van der Waals surface area contributed by atoms with E-state index in [0.717, 1.165) is 19.8 Å². The monoisotopic (exact) mass is 360 g/mol. The van der Waals surface area contributed by atoms with Crippen LogP contribution < -0.4 is 0 Å². The molecule has 0 fully saturated rings. The number of hydrogen-bond acceptors (Lipinski definition) is 6. The Morgan fingerprint density at radius 2 is 1.71 bits per heavy atom. The fraction of sp³-hybridized carbons (Fsp3) is 0.500. The van der Waals surface area contributed by atoms with E-state index in [4.69, 9.17) is 4.52 Å². The van der Waals surface area contributed by atoms with Crippen molar-refractivity contribution in [1.29, 1.82) is 0 Å². The zero-order valence-corrected chi connectivity index (χ0v) is 14.8. The Morgan fingerprint density at radius 3 is 2.25 bits per heavy atom. The smallest absolute Gasteiger partial charge is 0.340 e. The van der Waals surface area contributed by atoms with E-state index in [-0.39, 0.29) is 12.8 Å². The van der Waals surface area contributed by atoms with E-state index in [1.807, 2.05) is 30.3 Å². The van der Waals surface area contributed by atoms with Crippen LogP contribution in [0.4, 0.5) is 4.39 Å². The summed E-state index contributed by atoms with van der Waals surface area (Å²) < 4.78 is 40.6. The van der Waals surface area contributed by atoms with Gasteiger partial charge in [-0.3, -0.25) is 9.36 Å². The standard InChI is InChI=1S/C16H22FO6P/c1-21-15(18)13(9-14(17)16(19)22-2)11-24(3,20)23-10-12-7-5-4-6-8-12/h4-8,13-14H,9-11H2,1-3H3/t13-,14+,24?/m1/s1. The number of methoxy groups -OCH3 is 2. The third kappa shape index (κ3) is 6.81. The first-order valence-electron chi connectivity index (χ1n) is 7.33. The molecule has 0 radical (unpaired) electrons. The minimum Gasteiger partial charge on any atom is -0.469 e. The van der Waals surface area contributed by atoms with Gasteiger partial charge < -0.3 is 14.0 Å². The van der Waals surface area contributed by atoms with Crippen LogP contribution in [0.3, 0.4) is 0 Å². The molecule has 24 heavy (non-hydrogen) atoms. The van der Waals surface area contributed by atoms with Gasteiger partial charge in [0, 0.05) is 19.2 Å². The van der Waals surface area contributed by atoms with Crippen molar-refractivity contribution in [3.63, 3.8) is 0 Å². The van der Waals surface area contributed by atoms with Crippen molar-refractivity contribution in [2.45, 2.75) is 19.2 Å². The molecule has 0 saturated carbocycles. The summed E-state index contributed by atoms with van der Waals surface area (Å²) >= 11 is 0. The van der Waals surface area contributed by atoms with Crippen molar-refractivity contribution in [3.8, 4) is 0 Å². The Labute approximate surface area is 140 Å². The molecule has 0 spiro atoms. The molecule has 1 aromatic carbocycles. The van der Waals surface area contributed by atoms with Gasteiger partial charge in [0.1, 0.15) is 0 Å². The number of carbonyl (C=O) groups excluding carboxylic acids is 2. The molecule has 0 aliphatic heterocycles. The Hall–Kier alpha value is -1.72. The molecule has 0 N–H and O–H groups in total. The van der Waals surface area contributed by atoms with Crippen molar-refractivity contribution in [3.05, 3.63) is 35.9 Å². The summed E-state index contributed by atoms with van der Waals surface area (Å²) in [4.78, 5) is 23.0. The van der Waals surface area contributed by atoms with E-state index >= 15 is 0 Å². The molecule has 0 aliphatic rings. The summed E-state index contributed by atoms with van der Waals surface area (Å²) in [5, 5.41) is 0. The van der Waals surface area contributed by atoms with Crippen molar-refractivity contribution >= 4 is 19.3 Å². The zero-order valence-electron chi connectivity index (χ0n) is 13.9. The normalized spacial score (nSPS) is 15.8. The summed E-state index contributed by atoms with van der Waals surface area (Å²) in [6, 6.07) is 9.11. The Balaban J connectivity index is 2.71. The van der Waals surface area contributed by atoms with Gasteiger partial charge in [-0.05, 0) is 5.56 Å². The highest BCUT2D eigenvalue weighted by molar-refractivity contribution is 7.58. The van der Waals surface area contributed by atoms with Crippen molar-refractivity contribution in [1.82, 2.24) is 0 Å². The highest BCUT2D eigenvalue weighted by Crippen LogP contribution is 2.46. The average molecular weight is 360 g/mol. The second-order valence-electron chi connectivity index (χ2n) is 5.40. The van der Waals surface area contributed by atoms with Crippen LogP contribution in [0.15, 0.2) is 30.3 Å². The average Bonchev–Trinajstić information content (AvgIpc) is 2.58. The van der Waals surface area contributed by atoms with Gasteiger partial charge in [0.15, 0.2) is 6.17 Å². The van der Waals surface area contributed by atoms with Crippen LogP contribution in [-0.2, 0) is 34.8 Å². The molecular weight excluding hydrogens is 338 g/mol. The van der Waals surface area contributed by atoms with Crippen LogP contribution in [0.1, 0.15) is 12.0 Å². The summed E-state index contributed by atoms with van der Waals surface area (Å²) in [5.41, 5.74) is 0.826. The zero-order chi connectivity index (χ0) is 18.2. The lowest BCUT2D eigenvalue weighted by Gasteiger charge is -2.20. The molecule has 0 aliphatic carbocycles. The SMILES string of the molecule is COC(=O)[C@H](C[C@H](F)C(=O)OC)CP(C)(=O)OCc1ccccc1. The number of ether oxygens (including phenoxy) is 2. The number of esters is 2. The molecule has 0 heterocycles. The molecule has 134 valence electrons. The molecule has 3 atom stereocenters. The summed E-state index contributed by atoms with van der Waals surface area (Å²) in [6.07, 6.45) is -2.68. The largest absolute Gasteiger partial charge is 0.469 e. The Kier molecular flexibility index (Phi) is 8.08. The van der Waals surface area contributed by atoms with E-state index in [1.54, 1.807) is 0 Å². The van der Waals surface area contributed by atoms with Crippen LogP contribution in [0.2, 0.25) is 0 Å². The van der Waals surface area contributed by atoms with Crippen LogP contribution in [0.5, 0.6) is 0 Å². The first-order valence-corrected chi connectivity index (χ1v) is 9.59. The third-order valence-electron chi connectivity index (χ3n) is 3.38. The predicted octanol–water partition coefficient (Wildman–Crippen LogP) is 2.80. The van der Waals surface area contributed by atoms with Gasteiger partial charge in [0.05, 0.1) is 26.7 Å². The molecule has 0 amide bonds. The third-order valence-corrected chi connectivity index (χ3v) is 5.16. The van der Waals surface area contributed by atoms with Crippen molar-refractivity contribution < 1.29 is 32.5 Å². The number of hydrogen-bond donors (Lipinski definition) is 0. The first-order chi connectivity index (χ1) is 11.3. The van der Waals surface area contributed by atoms with E-state index < -0.39 is 37.8 Å². The lowest BCUT2D eigenvalue weighted by Crippen LogP contribution is -2.28. The number of alkyl halides is 1. The fourth-order valence-corrected chi connectivity index (χ4v) is 3.75. The molecular formula is C16H22FO6P. The minimum absolute atomic E-state index is 0.110. The Bertz CT molecular complexity index is 591. The maximum Gasteiger partial charge on any atom is 0.340 e. The van der Waals surface area contributed by atoms with Crippen LogP contribution >= 0.6 is 7.37 Å². The first kappa shape index (κ1) is 20.3. The van der Waals surface area contributed by atoms with Crippen LogP contribution in [0.25, 0.3) is 0 Å². The van der Waals surface area contributed by atoms with Crippen LogP contribution in [-0.4, -0.2) is 45.2 Å². The maximum atomic E-state index is 13.8. The van der Waals surface area contributed by atoms with E-state index in [9.17, 15) is 18.5 Å². The molecule has 0 bridgehead atoms. The molecule has 6 nitrogen and oxygen atoms in total. The summed E-state index contributed by atoms with van der Waals surface area (Å²) in [5.74, 6) is -2.89. The Morgan fingerprint density at radius 1 is 1.12 bits per heavy atom. The molecule has 1 rings (SSSR count). The van der Waals surface area contributed by atoms with Gasteiger partial charge in [0.2, 0.25) is 7.37 Å². The number of carbonyl (C=O) groups is 2. The maximum absolute atomic E-state index is 13.8. The lowest BCUT2D eigenvalue weighted by molar-refractivity contribution is -0.150.